The molecule has 2 heterocycles. The molecule has 5 heteroatoms. The number of hydrogen-bond donors (Lipinski definition) is 1. The molecule has 0 amide bonds. The first kappa shape index (κ1) is 13.2. The van der Waals surface area contributed by atoms with Crippen molar-refractivity contribution in [1.82, 2.24) is 9.97 Å². The van der Waals surface area contributed by atoms with E-state index in [4.69, 9.17) is 4.74 Å². The van der Waals surface area contributed by atoms with Crippen molar-refractivity contribution >= 4 is 11.8 Å². The number of methoxy groups -OCH3 is 1. The van der Waals surface area contributed by atoms with Gasteiger partial charge in [0.2, 0.25) is 0 Å². The van der Waals surface area contributed by atoms with Crippen molar-refractivity contribution in [1.29, 1.82) is 0 Å². The van der Waals surface area contributed by atoms with E-state index in [1.54, 1.807) is 18.9 Å². The third-order valence-corrected chi connectivity index (χ3v) is 4.50. The van der Waals surface area contributed by atoms with E-state index >= 15 is 0 Å². The summed E-state index contributed by atoms with van der Waals surface area (Å²) in [5.41, 5.74) is 3.68. The van der Waals surface area contributed by atoms with Gasteiger partial charge >= 0.3 is 0 Å². The Balaban J connectivity index is 2.11. The first-order chi connectivity index (χ1) is 9.69. The van der Waals surface area contributed by atoms with Gasteiger partial charge in [0.15, 0.2) is 0 Å². The van der Waals surface area contributed by atoms with Crippen LogP contribution in [0.2, 0.25) is 0 Å². The van der Waals surface area contributed by atoms with Gasteiger partial charge in [0.1, 0.15) is 11.6 Å². The Bertz CT molecular complexity index is 710. The summed E-state index contributed by atoms with van der Waals surface area (Å²) in [5, 5.41) is 0. The van der Waals surface area contributed by atoms with Crippen LogP contribution in [0.5, 0.6) is 5.75 Å². The smallest absolute Gasteiger partial charge is 0.255 e. The van der Waals surface area contributed by atoms with Crippen molar-refractivity contribution in [3.8, 4) is 17.1 Å². The predicted octanol–water partition coefficient (Wildman–Crippen LogP) is 2.54. The SMILES string of the molecule is COc1cc(-c2nc3c(c(=O)[nH]2)CSCC3)ccc1C. The maximum absolute atomic E-state index is 12.1. The molecule has 0 saturated carbocycles. The number of fused-ring (bicyclic) bond motifs is 1. The van der Waals surface area contributed by atoms with E-state index in [1.807, 2.05) is 25.1 Å². The van der Waals surface area contributed by atoms with Crippen LogP contribution < -0.4 is 10.3 Å². The van der Waals surface area contributed by atoms with Crippen LogP contribution in [0.1, 0.15) is 16.8 Å². The summed E-state index contributed by atoms with van der Waals surface area (Å²) in [6, 6.07) is 5.85. The topological polar surface area (TPSA) is 55.0 Å². The molecule has 1 aliphatic rings. The molecule has 0 saturated heterocycles. The second kappa shape index (κ2) is 5.32. The van der Waals surface area contributed by atoms with Crippen molar-refractivity contribution in [2.75, 3.05) is 12.9 Å². The molecule has 3 rings (SSSR count). The van der Waals surface area contributed by atoms with Crippen LogP contribution in [0.25, 0.3) is 11.4 Å². The van der Waals surface area contributed by atoms with E-state index in [0.29, 0.717) is 5.82 Å². The standard InChI is InChI=1S/C15H16N2O2S/c1-9-3-4-10(7-13(9)19-2)14-16-12-5-6-20-8-11(12)15(18)17-14/h3-4,7H,5-6,8H2,1-2H3,(H,16,17,18). The predicted molar refractivity (Wildman–Crippen MR) is 81.4 cm³/mol. The molecule has 0 radical (unpaired) electrons. The minimum atomic E-state index is -0.0169. The number of aromatic amines is 1. The van der Waals surface area contributed by atoms with Crippen molar-refractivity contribution in [3.05, 3.63) is 45.4 Å². The number of rotatable bonds is 2. The van der Waals surface area contributed by atoms with Crippen molar-refractivity contribution in [2.24, 2.45) is 0 Å². The molecule has 1 aromatic carbocycles. The van der Waals surface area contributed by atoms with Gasteiger partial charge in [0, 0.05) is 16.9 Å². The Morgan fingerprint density at radius 2 is 2.25 bits per heavy atom. The lowest BCUT2D eigenvalue weighted by molar-refractivity contribution is 0.412. The lowest BCUT2D eigenvalue weighted by Crippen LogP contribution is -2.21. The highest BCUT2D eigenvalue weighted by atomic mass is 32.2. The summed E-state index contributed by atoms with van der Waals surface area (Å²) in [6.07, 6.45) is 0.861. The molecule has 4 nitrogen and oxygen atoms in total. The van der Waals surface area contributed by atoms with E-state index in [1.165, 1.54) is 0 Å². The number of H-pyrrole nitrogens is 1. The first-order valence-electron chi connectivity index (χ1n) is 6.54. The van der Waals surface area contributed by atoms with Gasteiger partial charge in [-0.2, -0.15) is 11.8 Å². The fourth-order valence-electron chi connectivity index (χ4n) is 2.35. The molecule has 1 aromatic heterocycles. The highest BCUT2D eigenvalue weighted by molar-refractivity contribution is 7.98. The lowest BCUT2D eigenvalue weighted by Gasteiger charge is -2.15. The number of hydrogen-bond acceptors (Lipinski definition) is 4. The van der Waals surface area contributed by atoms with E-state index < -0.39 is 0 Å². The molecule has 0 spiro atoms. The molecule has 2 aromatic rings. The molecule has 0 atom stereocenters. The normalized spacial score (nSPS) is 13.9. The zero-order chi connectivity index (χ0) is 14.1. The summed E-state index contributed by atoms with van der Waals surface area (Å²) in [4.78, 5) is 19.7. The van der Waals surface area contributed by atoms with Gasteiger partial charge in [0.05, 0.1) is 12.8 Å². The number of aromatic nitrogens is 2. The highest BCUT2D eigenvalue weighted by Crippen LogP contribution is 2.26. The highest BCUT2D eigenvalue weighted by Gasteiger charge is 2.16. The van der Waals surface area contributed by atoms with Crippen molar-refractivity contribution < 1.29 is 4.74 Å². The van der Waals surface area contributed by atoms with Crippen LogP contribution in [0.15, 0.2) is 23.0 Å². The molecule has 0 fully saturated rings. The second-order valence-electron chi connectivity index (χ2n) is 4.83. The molecule has 20 heavy (non-hydrogen) atoms. The molecule has 0 bridgehead atoms. The van der Waals surface area contributed by atoms with E-state index in [9.17, 15) is 4.79 Å². The van der Waals surface area contributed by atoms with Crippen LogP contribution in [-0.4, -0.2) is 22.8 Å². The number of nitrogens with zero attached hydrogens (tertiary/aromatic N) is 1. The van der Waals surface area contributed by atoms with Gasteiger partial charge < -0.3 is 9.72 Å². The van der Waals surface area contributed by atoms with Gasteiger partial charge in [-0.15, -0.1) is 0 Å². The minimum Gasteiger partial charge on any atom is -0.496 e. The fraction of sp³-hybridized carbons (Fsp3) is 0.333. The quantitative estimate of drug-likeness (QED) is 0.922. The number of nitrogens with one attached hydrogen (secondary N) is 1. The molecule has 1 N–H and O–H groups in total. The molecular formula is C15H16N2O2S. The molecule has 104 valence electrons. The second-order valence-corrected chi connectivity index (χ2v) is 5.93. The van der Waals surface area contributed by atoms with Gasteiger partial charge in [0.25, 0.3) is 5.56 Å². The lowest BCUT2D eigenvalue weighted by atomic mass is 10.1. The van der Waals surface area contributed by atoms with E-state index in [-0.39, 0.29) is 5.56 Å². The zero-order valence-corrected chi connectivity index (χ0v) is 12.3. The van der Waals surface area contributed by atoms with Crippen molar-refractivity contribution in [2.45, 2.75) is 19.1 Å². The van der Waals surface area contributed by atoms with Crippen LogP contribution in [0.3, 0.4) is 0 Å². The maximum atomic E-state index is 12.1. The molecule has 0 unspecified atom stereocenters. The monoisotopic (exact) mass is 288 g/mol. The number of ether oxygens (including phenoxy) is 1. The summed E-state index contributed by atoms with van der Waals surface area (Å²) in [6.45, 7) is 1.99. The molecule has 0 aliphatic carbocycles. The largest absolute Gasteiger partial charge is 0.496 e. The maximum Gasteiger partial charge on any atom is 0.255 e. The van der Waals surface area contributed by atoms with Crippen LogP contribution in [0.4, 0.5) is 0 Å². The van der Waals surface area contributed by atoms with Crippen LogP contribution in [0, 0.1) is 6.92 Å². The van der Waals surface area contributed by atoms with E-state index in [2.05, 4.69) is 9.97 Å². The average molecular weight is 288 g/mol. The average Bonchev–Trinajstić information content (AvgIpc) is 2.47. The van der Waals surface area contributed by atoms with Gasteiger partial charge in [-0.3, -0.25) is 4.79 Å². The van der Waals surface area contributed by atoms with Crippen molar-refractivity contribution in [3.63, 3.8) is 0 Å². The third kappa shape index (κ3) is 2.33. The summed E-state index contributed by atoms with van der Waals surface area (Å²) >= 11 is 1.78. The zero-order valence-electron chi connectivity index (χ0n) is 11.5. The van der Waals surface area contributed by atoms with Crippen LogP contribution >= 0.6 is 11.8 Å². The first-order valence-corrected chi connectivity index (χ1v) is 7.69. The Labute approximate surface area is 121 Å². The van der Waals surface area contributed by atoms with Gasteiger partial charge in [-0.25, -0.2) is 4.98 Å². The number of thioether (sulfide) groups is 1. The number of benzene rings is 1. The fourth-order valence-corrected chi connectivity index (χ4v) is 3.33. The summed E-state index contributed by atoms with van der Waals surface area (Å²) in [5.74, 6) is 3.22. The van der Waals surface area contributed by atoms with E-state index in [0.717, 1.165) is 46.1 Å². The molecular weight excluding hydrogens is 272 g/mol. The Hall–Kier alpha value is -1.75. The molecule has 1 aliphatic heterocycles. The van der Waals surface area contributed by atoms with Gasteiger partial charge in [-0.05, 0) is 30.7 Å². The number of aryl methyl sites for hydroxylation is 2. The van der Waals surface area contributed by atoms with Crippen LogP contribution in [-0.2, 0) is 12.2 Å². The Morgan fingerprint density at radius 1 is 1.40 bits per heavy atom. The van der Waals surface area contributed by atoms with Gasteiger partial charge in [-0.1, -0.05) is 12.1 Å². The summed E-state index contributed by atoms with van der Waals surface area (Å²) in [7, 11) is 1.65. The minimum absolute atomic E-state index is 0.0169. The summed E-state index contributed by atoms with van der Waals surface area (Å²) < 4.78 is 5.33. The Morgan fingerprint density at radius 3 is 3.05 bits per heavy atom. The third-order valence-electron chi connectivity index (χ3n) is 3.51. The Kier molecular flexibility index (Phi) is 3.53.